The van der Waals surface area contributed by atoms with Crippen molar-refractivity contribution in [1.82, 2.24) is 40.8 Å². The number of rotatable bonds is 4. The fourth-order valence-electron chi connectivity index (χ4n) is 1.62. The number of carbonyl (C=O) groups is 1. The first-order chi connectivity index (χ1) is 10.7. The van der Waals surface area contributed by atoms with Gasteiger partial charge in [-0.25, -0.2) is 4.68 Å². The number of carboxylic acids is 1. The molecule has 2 N–H and O–H groups in total. The average Bonchev–Trinajstić information content (AvgIpc) is 3.20. The van der Waals surface area contributed by atoms with Crippen molar-refractivity contribution in [2.45, 2.75) is 12.8 Å². The van der Waals surface area contributed by atoms with Gasteiger partial charge in [0, 0.05) is 11.4 Å². The van der Waals surface area contributed by atoms with E-state index in [1.807, 2.05) is 0 Å². The number of tetrazole rings is 2. The molecule has 0 atom stereocenters. The Balaban J connectivity index is 0.000000299. The fraction of sp³-hybridized carbons (Fsp3) is 0.182. The van der Waals surface area contributed by atoms with Crippen molar-refractivity contribution in [3.63, 3.8) is 0 Å². The zero-order valence-electron chi connectivity index (χ0n) is 11.2. The molecule has 1 aromatic carbocycles. The van der Waals surface area contributed by atoms with Gasteiger partial charge in [-0.1, -0.05) is 16.8 Å². The van der Waals surface area contributed by atoms with Gasteiger partial charge in [-0.2, -0.15) is 5.21 Å². The lowest BCUT2D eigenvalue weighted by atomic mass is 10.1. The molecule has 0 aliphatic heterocycles. The van der Waals surface area contributed by atoms with Crippen LogP contribution in [0, 0.1) is 0 Å². The molecular formula is C11H11ClN8O2. The summed E-state index contributed by atoms with van der Waals surface area (Å²) in [4.78, 5) is 10.6. The van der Waals surface area contributed by atoms with E-state index in [0.717, 1.165) is 11.3 Å². The number of aliphatic carboxylic acids is 1. The molecule has 0 aliphatic rings. The number of aromatic nitrogens is 8. The van der Waals surface area contributed by atoms with Gasteiger partial charge in [0.25, 0.3) is 0 Å². The highest BCUT2D eigenvalue weighted by molar-refractivity contribution is 6.30. The van der Waals surface area contributed by atoms with Crippen LogP contribution < -0.4 is 0 Å². The Morgan fingerprint density at radius 2 is 2.23 bits per heavy atom. The summed E-state index contributed by atoms with van der Waals surface area (Å²) in [5, 5.41) is 32.3. The molecule has 2 heterocycles. The van der Waals surface area contributed by atoms with Crippen molar-refractivity contribution in [3.05, 3.63) is 41.4 Å². The topological polar surface area (TPSA) is 135 Å². The third kappa shape index (κ3) is 4.59. The van der Waals surface area contributed by atoms with E-state index in [-0.39, 0.29) is 6.42 Å². The molecule has 0 amide bonds. The van der Waals surface area contributed by atoms with Gasteiger partial charge in [-0.3, -0.25) is 4.79 Å². The number of nitrogens with zero attached hydrogens (tertiary/aromatic N) is 7. The predicted octanol–water partition coefficient (Wildman–Crippen LogP) is 0.533. The monoisotopic (exact) mass is 322 g/mol. The quantitative estimate of drug-likeness (QED) is 0.710. The minimum atomic E-state index is -0.854. The summed E-state index contributed by atoms with van der Waals surface area (Å²) in [5.41, 5.74) is 1.54. The number of benzene rings is 1. The minimum Gasteiger partial charge on any atom is -0.481 e. The van der Waals surface area contributed by atoms with Crippen LogP contribution in [0.2, 0.25) is 5.02 Å². The summed E-state index contributed by atoms with van der Waals surface area (Å²) >= 11 is 5.89. The Kier molecular flexibility index (Phi) is 5.49. The van der Waals surface area contributed by atoms with Gasteiger partial charge in [-0.15, -0.1) is 15.3 Å². The second kappa shape index (κ2) is 7.78. The van der Waals surface area contributed by atoms with E-state index < -0.39 is 5.97 Å². The zero-order chi connectivity index (χ0) is 15.8. The lowest BCUT2D eigenvalue weighted by Crippen LogP contribution is -2.04. The van der Waals surface area contributed by atoms with Crippen molar-refractivity contribution in [3.8, 4) is 5.69 Å². The Hall–Kier alpha value is -2.88. The largest absolute Gasteiger partial charge is 0.481 e. The maximum absolute atomic E-state index is 10.6. The maximum atomic E-state index is 10.6. The highest BCUT2D eigenvalue weighted by Crippen LogP contribution is 2.20. The van der Waals surface area contributed by atoms with Gasteiger partial charge in [0.15, 0.2) is 6.33 Å². The number of carboxylic acid groups (broad SMARTS) is 1. The molecule has 3 rings (SSSR count). The number of hydrogen-bond acceptors (Lipinski definition) is 7. The van der Waals surface area contributed by atoms with Crippen molar-refractivity contribution < 1.29 is 9.90 Å². The van der Waals surface area contributed by atoms with Crippen LogP contribution in [0.1, 0.15) is 12.0 Å². The molecule has 0 aliphatic carbocycles. The van der Waals surface area contributed by atoms with Crippen LogP contribution in [0.3, 0.4) is 0 Å². The highest BCUT2D eigenvalue weighted by Gasteiger charge is 2.08. The van der Waals surface area contributed by atoms with Crippen molar-refractivity contribution in [2.75, 3.05) is 0 Å². The summed E-state index contributed by atoms with van der Waals surface area (Å²) in [5.74, 6) is -0.854. The summed E-state index contributed by atoms with van der Waals surface area (Å²) in [7, 11) is 0. The Morgan fingerprint density at radius 3 is 2.77 bits per heavy atom. The first-order valence-electron chi connectivity index (χ1n) is 6.07. The summed E-state index contributed by atoms with van der Waals surface area (Å²) in [6.07, 6.45) is 3.20. The Morgan fingerprint density at radius 1 is 1.36 bits per heavy atom. The van der Waals surface area contributed by atoms with E-state index in [2.05, 4.69) is 36.1 Å². The molecule has 2 aromatic heterocycles. The molecule has 0 saturated heterocycles. The van der Waals surface area contributed by atoms with Gasteiger partial charge in [0.05, 0.1) is 5.69 Å². The van der Waals surface area contributed by atoms with Crippen LogP contribution in [-0.2, 0) is 11.2 Å². The maximum Gasteiger partial charge on any atom is 0.303 e. The number of H-pyrrole nitrogens is 1. The molecule has 3 aromatic rings. The Bertz CT molecular complexity index is 684. The van der Waals surface area contributed by atoms with Gasteiger partial charge in [0.2, 0.25) is 0 Å². The molecule has 0 spiro atoms. The number of aryl methyl sites for hydroxylation is 1. The third-order valence-electron chi connectivity index (χ3n) is 2.52. The van der Waals surface area contributed by atoms with Crippen LogP contribution >= 0.6 is 11.6 Å². The number of aromatic amines is 1. The molecule has 0 fully saturated rings. The molecule has 0 radical (unpaired) electrons. The molecule has 0 unspecified atom stereocenters. The van der Waals surface area contributed by atoms with E-state index >= 15 is 0 Å². The van der Waals surface area contributed by atoms with E-state index in [4.69, 9.17) is 16.7 Å². The second-order valence-corrected chi connectivity index (χ2v) is 4.42. The smallest absolute Gasteiger partial charge is 0.303 e. The van der Waals surface area contributed by atoms with Crippen molar-refractivity contribution in [2.24, 2.45) is 0 Å². The van der Waals surface area contributed by atoms with E-state index in [1.165, 1.54) is 17.3 Å². The summed E-state index contributed by atoms with van der Waals surface area (Å²) in [6.45, 7) is 0. The van der Waals surface area contributed by atoms with Crippen molar-refractivity contribution >= 4 is 17.6 Å². The normalized spacial score (nSPS) is 9.86. The predicted molar refractivity (Wildman–Crippen MR) is 74.3 cm³/mol. The number of nitrogens with one attached hydrogen (secondary N) is 1. The molecule has 0 bridgehead atoms. The zero-order valence-corrected chi connectivity index (χ0v) is 11.9. The van der Waals surface area contributed by atoms with Crippen LogP contribution in [-0.4, -0.2) is 51.9 Å². The lowest BCUT2D eigenvalue weighted by molar-refractivity contribution is -0.136. The first kappa shape index (κ1) is 15.5. The van der Waals surface area contributed by atoms with Crippen LogP contribution in [0.15, 0.2) is 30.9 Å². The Labute approximate surface area is 129 Å². The third-order valence-corrected chi connectivity index (χ3v) is 2.75. The standard InChI is InChI=1S/C10H9ClN4O2.CH2N4/c11-8-2-3-9(15-6-12-13-14-15)7(5-8)1-4-10(16)17;1-2-4-5-3-1/h2-3,5-6H,1,4H2,(H,16,17);1H,(H,2,3,4,5). The lowest BCUT2D eigenvalue weighted by Gasteiger charge is -2.07. The average molecular weight is 323 g/mol. The molecule has 22 heavy (non-hydrogen) atoms. The van der Waals surface area contributed by atoms with Gasteiger partial charge < -0.3 is 5.11 Å². The molecular weight excluding hydrogens is 312 g/mol. The molecule has 10 nitrogen and oxygen atoms in total. The van der Waals surface area contributed by atoms with E-state index in [1.54, 1.807) is 18.2 Å². The number of halogens is 1. The van der Waals surface area contributed by atoms with Crippen LogP contribution in [0.5, 0.6) is 0 Å². The second-order valence-electron chi connectivity index (χ2n) is 3.98. The molecule has 0 saturated carbocycles. The van der Waals surface area contributed by atoms with Gasteiger partial charge in [-0.05, 0) is 40.6 Å². The molecule has 114 valence electrons. The SMILES string of the molecule is O=C(O)CCc1cc(Cl)ccc1-n1cnnn1.c1nn[nH]n1. The van der Waals surface area contributed by atoms with Crippen molar-refractivity contribution in [1.29, 1.82) is 0 Å². The number of hydrogen-bond donors (Lipinski definition) is 2. The van der Waals surface area contributed by atoms with E-state index in [0.29, 0.717) is 11.4 Å². The fourth-order valence-corrected chi connectivity index (χ4v) is 1.81. The summed E-state index contributed by atoms with van der Waals surface area (Å²) < 4.78 is 1.48. The van der Waals surface area contributed by atoms with Gasteiger partial charge >= 0.3 is 5.97 Å². The van der Waals surface area contributed by atoms with Crippen LogP contribution in [0.4, 0.5) is 0 Å². The van der Waals surface area contributed by atoms with E-state index in [9.17, 15) is 4.79 Å². The highest BCUT2D eigenvalue weighted by atomic mass is 35.5. The molecule has 11 heteroatoms. The van der Waals surface area contributed by atoms with Gasteiger partial charge in [0.1, 0.15) is 6.33 Å². The first-order valence-corrected chi connectivity index (χ1v) is 6.44. The summed E-state index contributed by atoms with van der Waals surface area (Å²) in [6, 6.07) is 5.19. The van der Waals surface area contributed by atoms with Crippen LogP contribution in [0.25, 0.3) is 5.69 Å². The minimum absolute atomic E-state index is 0.0372.